The Labute approximate surface area is 127 Å². The third-order valence-corrected chi connectivity index (χ3v) is 4.54. The van der Waals surface area contributed by atoms with E-state index < -0.39 is 0 Å². The smallest absolute Gasteiger partial charge is 0.144 e. The van der Waals surface area contributed by atoms with Crippen molar-refractivity contribution in [2.45, 2.75) is 51.5 Å². The highest BCUT2D eigenvalue weighted by molar-refractivity contribution is 5.55. The van der Waals surface area contributed by atoms with E-state index in [-0.39, 0.29) is 0 Å². The molecule has 0 bridgehead atoms. The zero-order valence-electron chi connectivity index (χ0n) is 12.9. The molecular formula is C17H24N4. The predicted molar refractivity (Wildman–Crippen MR) is 84.4 cm³/mol. The summed E-state index contributed by atoms with van der Waals surface area (Å²) in [4.78, 5) is 7.23. The first-order valence-electron chi connectivity index (χ1n) is 8.18. The van der Waals surface area contributed by atoms with Gasteiger partial charge in [0.2, 0.25) is 0 Å². The van der Waals surface area contributed by atoms with E-state index in [1.165, 1.54) is 50.0 Å². The zero-order valence-corrected chi connectivity index (χ0v) is 12.9. The zero-order chi connectivity index (χ0) is 14.7. The molecule has 1 fully saturated rings. The second-order valence-corrected chi connectivity index (χ2v) is 6.36. The fourth-order valence-corrected chi connectivity index (χ4v) is 3.46. The molecule has 1 aliphatic heterocycles. The number of fused-ring (bicyclic) bond motifs is 1. The largest absolute Gasteiger partial charge is 0.365 e. The van der Waals surface area contributed by atoms with E-state index in [1.807, 2.05) is 6.07 Å². The molecule has 1 aromatic rings. The Morgan fingerprint density at radius 3 is 2.81 bits per heavy atom. The molecule has 21 heavy (non-hydrogen) atoms. The van der Waals surface area contributed by atoms with Crippen molar-refractivity contribution in [1.82, 2.24) is 9.88 Å². The molecule has 1 aliphatic carbocycles. The second kappa shape index (κ2) is 6.44. The molecule has 1 unspecified atom stereocenters. The van der Waals surface area contributed by atoms with E-state index in [9.17, 15) is 5.26 Å². The first kappa shape index (κ1) is 14.3. The van der Waals surface area contributed by atoms with Gasteiger partial charge in [0, 0.05) is 18.3 Å². The number of aryl methyl sites for hydroxylation is 2. The fraction of sp³-hybridized carbons (Fsp3) is 0.647. The van der Waals surface area contributed by atoms with Crippen LogP contribution < -0.4 is 5.32 Å². The maximum absolute atomic E-state index is 9.38. The van der Waals surface area contributed by atoms with Gasteiger partial charge in [0.05, 0.1) is 5.56 Å². The fourth-order valence-electron chi connectivity index (χ4n) is 3.46. The molecule has 3 rings (SSSR count). The lowest BCUT2D eigenvalue weighted by molar-refractivity contribution is 0.327. The summed E-state index contributed by atoms with van der Waals surface area (Å²) in [6.07, 6.45) is 7.18. The number of hydrogen-bond donors (Lipinski definition) is 1. The van der Waals surface area contributed by atoms with E-state index >= 15 is 0 Å². The SMILES string of the molecule is CC(CN1CCCC1)Nc1nc2c(cc1C#N)CCCC2. The first-order valence-corrected chi connectivity index (χ1v) is 8.18. The summed E-state index contributed by atoms with van der Waals surface area (Å²) in [6.45, 7) is 5.62. The molecule has 0 aromatic carbocycles. The monoisotopic (exact) mass is 284 g/mol. The molecule has 4 nitrogen and oxygen atoms in total. The van der Waals surface area contributed by atoms with Gasteiger partial charge in [0.15, 0.2) is 0 Å². The summed E-state index contributed by atoms with van der Waals surface area (Å²) < 4.78 is 0. The highest BCUT2D eigenvalue weighted by atomic mass is 15.2. The van der Waals surface area contributed by atoms with E-state index in [4.69, 9.17) is 4.98 Å². The van der Waals surface area contributed by atoms with Crippen LogP contribution in [0.1, 0.15) is 49.4 Å². The Bertz CT molecular complexity index is 540. The number of rotatable bonds is 4. The lowest BCUT2D eigenvalue weighted by Gasteiger charge is -2.23. The Morgan fingerprint density at radius 2 is 2.05 bits per heavy atom. The van der Waals surface area contributed by atoms with Gasteiger partial charge in [-0.15, -0.1) is 0 Å². The highest BCUT2D eigenvalue weighted by Gasteiger charge is 2.18. The van der Waals surface area contributed by atoms with Crippen LogP contribution in [0.25, 0.3) is 0 Å². The summed E-state index contributed by atoms with van der Waals surface area (Å²) in [5.74, 6) is 0.782. The van der Waals surface area contributed by atoms with Crippen molar-refractivity contribution in [3.8, 4) is 6.07 Å². The standard InChI is InChI=1S/C17H24N4/c1-13(12-21-8-4-5-9-21)19-17-15(11-18)10-14-6-2-3-7-16(14)20-17/h10,13H,2-9,12H2,1H3,(H,19,20). The van der Waals surface area contributed by atoms with Gasteiger partial charge in [0.25, 0.3) is 0 Å². The van der Waals surface area contributed by atoms with Crippen LogP contribution in [0.2, 0.25) is 0 Å². The number of nitrogens with zero attached hydrogens (tertiary/aromatic N) is 3. The van der Waals surface area contributed by atoms with Crippen LogP contribution in [-0.2, 0) is 12.8 Å². The lowest BCUT2D eigenvalue weighted by Crippen LogP contribution is -2.33. The third kappa shape index (κ3) is 3.36. The molecule has 2 aliphatic rings. The van der Waals surface area contributed by atoms with Crippen LogP contribution in [0.4, 0.5) is 5.82 Å². The molecule has 112 valence electrons. The maximum Gasteiger partial charge on any atom is 0.144 e. The minimum atomic E-state index is 0.323. The number of anilines is 1. The summed E-state index contributed by atoms with van der Waals surface area (Å²) >= 11 is 0. The van der Waals surface area contributed by atoms with Crippen LogP contribution in [0.3, 0.4) is 0 Å². The molecule has 2 heterocycles. The van der Waals surface area contributed by atoms with Crippen molar-refractivity contribution in [2.24, 2.45) is 0 Å². The molecular weight excluding hydrogens is 260 g/mol. The summed E-state index contributed by atoms with van der Waals surface area (Å²) in [5, 5.41) is 12.8. The van der Waals surface area contributed by atoms with E-state index in [2.05, 4.69) is 23.2 Å². The number of likely N-dealkylation sites (tertiary alicyclic amines) is 1. The Balaban J connectivity index is 1.72. The lowest BCUT2D eigenvalue weighted by atomic mass is 9.95. The van der Waals surface area contributed by atoms with Gasteiger partial charge in [-0.3, -0.25) is 0 Å². The van der Waals surface area contributed by atoms with Crippen LogP contribution in [-0.4, -0.2) is 35.6 Å². The Morgan fingerprint density at radius 1 is 1.29 bits per heavy atom. The summed E-state index contributed by atoms with van der Waals surface area (Å²) in [5.41, 5.74) is 3.16. The van der Waals surface area contributed by atoms with Crippen molar-refractivity contribution in [3.05, 3.63) is 22.9 Å². The van der Waals surface area contributed by atoms with Crippen molar-refractivity contribution in [1.29, 1.82) is 5.26 Å². The van der Waals surface area contributed by atoms with E-state index in [1.54, 1.807) is 0 Å². The highest BCUT2D eigenvalue weighted by Crippen LogP contribution is 2.24. The minimum Gasteiger partial charge on any atom is -0.365 e. The third-order valence-electron chi connectivity index (χ3n) is 4.54. The summed E-state index contributed by atoms with van der Waals surface area (Å²) in [7, 11) is 0. The molecule has 0 radical (unpaired) electrons. The number of aromatic nitrogens is 1. The van der Waals surface area contributed by atoms with Gasteiger partial charge in [0.1, 0.15) is 11.9 Å². The molecule has 0 amide bonds. The second-order valence-electron chi connectivity index (χ2n) is 6.36. The maximum atomic E-state index is 9.38. The Hall–Kier alpha value is -1.60. The van der Waals surface area contributed by atoms with Crippen LogP contribution in [0, 0.1) is 11.3 Å². The Kier molecular flexibility index (Phi) is 4.40. The van der Waals surface area contributed by atoms with Crippen molar-refractivity contribution in [2.75, 3.05) is 25.0 Å². The molecule has 0 saturated carbocycles. The number of nitrogens with one attached hydrogen (secondary N) is 1. The van der Waals surface area contributed by atoms with Gasteiger partial charge in [-0.25, -0.2) is 4.98 Å². The average molecular weight is 284 g/mol. The normalized spacial score (nSPS) is 19.8. The van der Waals surface area contributed by atoms with Crippen molar-refractivity contribution >= 4 is 5.82 Å². The van der Waals surface area contributed by atoms with Crippen LogP contribution in [0.15, 0.2) is 6.07 Å². The molecule has 1 aromatic heterocycles. The van der Waals surface area contributed by atoms with Crippen LogP contribution in [0.5, 0.6) is 0 Å². The number of pyridine rings is 1. The van der Waals surface area contributed by atoms with Gasteiger partial charge >= 0.3 is 0 Å². The predicted octanol–water partition coefficient (Wildman–Crippen LogP) is 2.73. The topological polar surface area (TPSA) is 52.0 Å². The van der Waals surface area contributed by atoms with Gasteiger partial charge < -0.3 is 10.2 Å². The first-order chi connectivity index (χ1) is 10.3. The summed E-state index contributed by atoms with van der Waals surface area (Å²) in [6, 6.07) is 4.68. The van der Waals surface area contributed by atoms with Gasteiger partial charge in [-0.1, -0.05) is 0 Å². The van der Waals surface area contributed by atoms with Crippen molar-refractivity contribution < 1.29 is 0 Å². The number of nitriles is 1. The van der Waals surface area contributed by atoms with Gasteiger partial charge in [-0.2, -0.15) is 5.26 Å². The number of hydrogen-bond acceptors (Lipinski definition) is 4. The average Bonchev–Trinajstić information content (AvgIpc) is 2.99. The van der Waals surface area contributed by atoms with E-state index in [0.717, 1.165) is 25.2 Å². The molecule has 1 atom stereocenters. The minimum absolute atomic E-state index is 0.323. The quantitative estimate of drug-likeness (QED) is 0.923. The van der Waals surface area contributed by atoms with Crippen molar-refractivity contribution in [3.63, 3.8) is 0 Å². The molecule has 4 heteroatoms. The molecule has 0 spiro atoms. The molecule has 1 N–H and O–H groups in total. The van der Waals surface area contributed by atoms with E-state index in [0.29, 0.717) is 11.6 Å². The van der Waals surface area contributed by atoms with Gasteiger partial charge in [-0.05, 0) is 70.2 Å². The molecule has 1 saturated heterocycles. The van der Waals surface area contributed by atoms with Crippen LogP contribution >= 0.6 is 0 Å².